The van der Waals surface area contributed by atoms with Gasteiger partial charge in [0.25, 0.3) is 5.56 Å². The standard InChI is InChI=1S/C21H22N2O4S/c1-27-18-10-9-17-20(15-3-2-4-16(15)21(25)23-17)19(18)13-5-7-14(8-6-13)28(26)22-11-12-24/h5-10,22,24H,2-4,11-12H2,1H3,(H,23,25). The van der Waals surface area contributed by atoms with Gasteiger partial charge < -0.3 is 14.8 Å². The monoisotopic (exact) mass is 398 g/mol. The van der Waals surface area contributed by atoms with Gasteiger partial charge in [0.1, 0.15) is 16.7 Å². The Balaban J connectivity index is 1.87. The summed E-state index contributed by atoms with van der Waals surface area (Å²) >= 11 is 0. The van der Waals surface area contributed by atoms with Crippen molar-refractivity contribution in [3.63, 3.8) is 0 Å². The fraction of sp³-hybridized carbons (Fsp3) is 0.286. The van der Waals surface area contributed by atoms with Crippen LogP contribution >= 0.6 is 0 Å². The van der Waals surface area contributed by atoms with Crippen LogP contribution in [-0.4, -0.2) is 34.6 Å². The van der Waals surface area contributed by atoms with Crippen molar-refractivity contribution in [2.75, 3.05) is 20.3 Å². The number of ether oxygens (including phenoxy) is 1. The molecule has 1 heterocycles. The number of benzene rings is 2. The Labute approximate surface area is 165 Å². The van der Waals surface area contributed by atoms with Gasteiger partial charge in [0.2, 0.25) is 0 Å². The first-order valence-corrected chi connectivity index (χ1v) is 10.4. The highest BCUT2D eigenvalue weighted by Gasteiger charge is 2.22. The van der Waals surface area contributed by atoms with E-state index in [1.807, 2.05) is 24.3 Å². The number of hydrogen-bond acceptors (Lipinski definition) is 4. The van der Waals surface area contributed by atoms with Gasteiger partial charge in [-0.2, -0.15) is 0 Å². The number of hydrogen-bond donors (Lipinski definition) is 3. The summed E-state index contributed by atoms with van der Waals surface area (Å²) in [6.07, 6.45) is 2.65. The molecule has 2 aromatic carbocycles. The number of aromatic nitrogens is 1. The lowest BCUT2D eigenvalue weighted by atomic mass is 9.94. The number of aryl methyl sites for hydroxylation is 1. The third kappa shape index (κ3) is 3.26. The molecule has 1 atom stereocenters. The zero-order valence-electron chi connectivity index (χ0n) is 15.6. The highest BCUT2D eigenvalue weighted by molar-refractivity contribution is 7.83. The van der Waals surface area contributed by atoms with Gasteiger partial charge in [-0.05, 0) is 54.7 Å². The molecule has 0 saturated heterocycles. The fourth-order valence-corrected chi connectivity index (χ4v) is 4.72. The van der Waals surface area contributed by atoms with Crippen LogP contribution in [0.2, 0.25) is 0 Å². The summed E-state index contributed by atoms with van der Waals surface area (Å²) in [6.45, 7) is 0.200. The lowest BCUT2D eigenvalue weighted by Crippen LogP contribution is -2.20. The van der Waals surface area contributed by atoms with Crippen LogP contribution in [0.3, 0.4) is 0 Å². The second kappa shape index (κ2) is 7.87. The van der Waals surface area contributed by atoms with E-state index in [1.165, 1.54) is 0 Å². The molecular weight excluding hydrogens is 376 g/mol. The van der Waals surface area contributed by atoms with E-state index in [0.29, 0.717) is 4.90 Å². The smallest absolute Gasteiger partial charge is 0.251 e. The molecule has 1 aliphatic carbocycles. The molecule has 0 bridgehead atoms. The third-order valence-corrected chi connectivity index (χ3v) is 6.30. The highest BCUT2D eigenvalue weighted by atomic mass is 32.2. The first kappa shape index (κ1) is 18.9. The Bertz CT molecular complexity index is 1110. The van der Waals surface area contributed by atoms with E-state index in [2.05, 4.69) is 9.71 Å². The molecule has 1 unspecified atom stereocenters. The van der Waals surface area contributed by atoms with Crippen molar-refractivity contribution in [1.29, 1.82) is 0 Å². The number of aliphatic hydroxyl groups is 1. The second-order valence-corrected chi connectivity index (χ2v) is 8.04. The van der Waals surface area contributed by atoms with Gasteiger partial charge in [0.05, 0.1) is 18.6 Å². The molecule has 0 radical (unpaired) electrons. The lowest BCUT2D eigenvalue weighted by molar-refractivity contribution is 0.302. The molecule has 146 valence electrons. The number of H-pyrrole nitrogens is 1. The van der Waals surface area contributed by atoms with Gasteiger partial charge in [0.15, 0.2) is 0 Å². The summed E-state index contributed by atoms with van der Waals surface area (Å²) in [5.41, 5.74) is 4.65. The average molecular weight is 398 g/mol. The van der Waals surface area contributed by atoms with Crippen molar-refractivity contribution in [1.82, 2.24) is 9.71 Å². The Morgan fingerprint density at radius 3 is 2.61 bits per heavy atom. The number of rotatable bonds is 6. The zero-order valence-corrected chi connectivity index (χ0v) is 16.4. The molecule has 1 aromatic heterocycles. The minimum atomic E-state index is -1.37. The summed E-state index contributed by atoms with van der Waals surface area (Å²) < 4.78 is 20.6. The van der Waals surface area contributed by atoms with Crippen molar-refractivity contribution >= 4 is 21.9 Å². The highest BCUT2D eigenvalue weighted by Crippen LogP contribution is 2.40. The minimum absolute atomic E-state index is 0.00295. The number of aromatic amines is 1. The minimum Gasteiger partial charge on any atom is -0.496 e. The van der Waals surface area contributed by atoms with E-state index in [9.17, 15) is 9.00 Å². The van der Waals surface area contributed by atoms with Crippen molar-refractivity contribution in [2.24, 2.45) is 0 Å². The van der Waals surface area contributed by atoms with Gasteiger partial charge in [-0.3, -0.25) is 4.79 Å². The van der Waals surface area contributed by atoms with Crippen LogP contribution in [0, 0.1) is 0 Å². The summed E-state index contributed by atoms with van der Waals surface area (Å²) in [6, 6.07) is 11.2. The van der Waals surface area contributed by atoms with E-state index >= 15 is 0 Å². The molecule has 28 heavy (non-hydrogen) atoms. The number of aliphatic hydroxyl groups excluding tert-OH is 1. The number of methoxy groups -OCH3 is 1. The van der Waals surface area contributed by atoms with E-state index < -0.39 is 11.0 Å². The van der Waals surface area contributed by atoms with Crippen LogP contribution in [0.25, 0.3) is 22.0 Å². The van der Waals surface area contributed by atoms with Crippen LogP contribution in [0.15, 0.2) is 46.1 Å². The predicted molar refractivity (Wildman–Crippen MR) is 110 cm³/mol. The van der Waals surface area contributed by atoms with Crippen LogP contribution < -0.4 is 15.0 Å². The number of nitrogens with one attached hydrogen (secondary N) is 2. The Morgan fingerprint density at radius 1 is 1.14 bits per heavy atom. The van der Waals surface area contributed by atoms with E-state index in [1.54, 1.807) is 19.2 Å². The van der Waals surface area contributed by atoms with E-state index in [4.69, 9.17) is 9.84 Å². The normalized spacial score (nSPS) is 14.2. The van der Waals surface area contributed by atoms with E-state index in [-0.39, 0.29) is 18.7 Å². The van der Waals surface area contributed by atoms with Gasteiger partial charge in [-0.15, -0.1) is 0 Å². The summed E-state index contributed by atoms with van der Waals surface area (Å²) in [4.78, 5) is 16.0. The molecule has 0 aliphatic heterocycles. The molecule has 4 rings (SSSR count). The van der Waals surface area contributed by atoms with Gasteiger partial charge >= 0.3 is 0 Å². The fourth-order valence-electron chi connectivity index (χ4n) is 3.89. The van der Waals surface area contributed by atoms with Gasteiger partial charge in [-0.25, -0.2) is 8.93 Å². The molecule has 3 aromatic rings. The molecule has 6 nitrogen and oxygen atoms in total. The number of fused-ring (bicyclic) bond motifs is 3. The largest absolute Gasteiger partial charge is 0.496 e. The Morgan fingerprint density at radius 2 is 1.89 bits per heavy atom. The van der Waals surface area contributed by atoms with E-state index in [0.717, 1.165) is 58.2 Å². The lowest BCUT2D eigenvalue weighted by Gasteiger charge is -2.15. The van der Waals surface area contributed by atoms with Crippen molar-refractivity contribution in [3.8, 4) is 16.9 Å². The van der Waals surface area contributed by atoms with Crippen molar-refractivity contribution < 1.29 is 14.1 Å². The number of pyridine rings is 1. The Hall–Kier alpha value is -2.48. The van der Waals surface area contributed by atoms with Crippen LogP contribution in [0.4, 0.5) is 0 Å². The van der Waals surface area contributed by atoms with Crippen LogP contribution in [0.1, 0.15) is 17.5 Å². The quantitative estimate of drug-likeness (QED) is 0.594. The molecule has 0 saturated carbocycles. The third-order valence-electron chi connectivity index (χ3n) is 5.13. The molecule has 3 N–H and O–H groups in total. The maximum atomic E-state index is 12.4. The van der Waals surface area contributed by atoms with Crippen LogP contribution in [-0.2, 0) is 23.8 Å². The summed E-state index contributed by atoms with van der Waals surface area (Å²) in [7, 11) is 0.264. The molecule has 0 amide bonds. The maximum absolute atomic E-state index is 12.4. The predicted octanol–water partition coefficient (Wildman–Crippen LogP) is 2.30. The summed E-state index contributed by atoms with van der Waals surface area (Å²) in [5.74, 6) is 0.737. The van der Waals surface area contributed by atoms with Crippen molar-refractivity contribution in [3.05, 3.63) is 57.9 Å². The Kier molecular flexibility index (Phi) is 5.30. The van der Waals surface area contributed by atoms with Crippen LogP contribution in [0.5, 0.6) is 5.75 Å². The molecule has 0 fully saturated rings. The zero-order chi connectivity index (χ0) is 19.7. The molecule has 7 heteroatoms. The maximum Gasteiger partial charge on any atom is 0.251 e. The SMILES string of the molecule is COc1ccc2[nH]c(=O)c3c(c2c1-c1ccc(S(=O)NCCO)cc1)CCC3. The van der Waals surface area contributed by atoms with Crippen molar-refractivity contribution in [2.45, 2.75) is 24.2 Å². The molecule has 0 spiro atoms. The van der Waals surface area contributed by atoms with Gasteiger partial charge in [0, 0.05) is 28.6 Å². The first-order valence-electron chi connectivity index (χ1n) is 9.25. The molecule has 1 aliphatic rings. The second-order valence-electron chi connectivity index (χ2n) is 6.74. The van der Waals surface area contributed by atoms with Gasteiger partial charge in [-0.1, -0.05) is 12.1 Å². The first-order chi connectivity index (χ1) is 13.6. The molecular formula is C21H22N2O4S. The summed E-state index contributed by atoms with van der Waals surface area (Å²) in [5, 5.41) is 9.90. The average Bonchev–Trinajstić information content (AvgIpc) is 3.22. The topological polar surface area (TPSA) is 91.4 Å².